The molecule has 4 heterocycles. The molecule has 2 aromatic rings. The number of hydrogen-bond acceptors (Lipinski definition) is 4. The Labute approximate surface area is 199 Å². The predicted octanol–water partition coefficient (Wildman–Crippen LogP) is 5.37. The molecule has 0 bridgehead atoms. The Morgan fingerprint density at radius 3 is 2.03 bits per heavy atom. The molecule has 0 saturated carbocycles. The maximum absolute atomic E-state index is 12.1. The number of halogens is 2. The van der Waals surface area contributed by atoms with Crippen LogP contribution in [0.25, 0.3) is 0 Å². The maximum atomic E-state index is 12.1. The van der Waals surface area contributed by atoms with Crippen molar-refractivity contribution in [2.75, 3.05) is 43.6 Å². The van der Waals surface area contributed by atoms with E-state index in [1.165, 1.54) is 11.3 Å². The van der Waals surface area contributed by atoms with Crippen molar-refractivity contribution in [3.05, 3.63) is 56.5 Å². The fourth-order valence-electron chi connectivity index (χ4n) is 5.31. The van der Waals surface area contributed by atoms with Gasteiger partial charge in [0.1, 0.15) is 0 Å². The standard InChI is InChI=1S/C12H12BrNO2.C12H14BrNO/c13-8-1-2-9-10(7-8)14-11(15)12(9)3-5-16-6-4-12;13-9-1-2-10-11(7-9)14-8-12(10)3-5-15-6-4-12/h1-2,7H,3-6H2,(H,14,15);1-2,7,14H,3-6,8H2. The summed E-state index contributed by atoms with van der Waals surface area (Å²) in [6.45, 7) is 4.21. The highest BCUT2D eigenvalue weighted by molar-refractivity contribution is 9.10. The average Bonchev–Trinajstić information content (AvgIpc) is 3.24. The van der Waals surface area contributed by atoms with Crippen molar-refractivity contribution in [1.82, 2.24) is 0 Å². The highest BCUT2D eigenvalue weighted by Gasteiger charge is 2.47. The molecule has 6 rings (SSSR count). The Bertz CT molecular complexity index is 998. The lowest BCUT2D eigenvalue weighted by Crippen LogP contribution is -2.39. The Morgan fingerprint density at radius 2 is 1.35 bits per heavy atom. The largest absolute Gasteiger partial charge is 0.384 e. The third kappa shape index (κ3) is 3.84. The molecule has 2 saturated heterocycles. The maximum Gasteiger partial charge on any atom is 0.235 e. The van der Waals surface area contributed by atoms with Crippen molar-refractivity contribution in [1.29, 1.82) is 0 Å². The van der Waals surface area contributed by atoms with Gasteiger partial charge >= 0.3 is 0 Å². The Morgan fingerprint density at radius 1 is 0.774 bits per heavy atom. The van der Waals surface area contributed by atoms with Crippen molar-refractivity contribution in [2.45, 2.75) is 36.5 Å². The molecular formula is C24H26Br2N2O3. The van der Waals surface area contributed by atoms with Crippen molar-refractivity contribution in [2.24, 2.45) is 0 Å². The quantitative estimate of drug-likeness (QED) is 0.463. The van der Waals surface area contributed by atoms with Crippen molar-refractivity contribution >= 4 is 49.1 Å². The van der Waals surface area contributed by atoms with Crippen molar-refractivity contribution in [3.8, 4) is 0 Å². The van der Waals surface area contributed by atoms with Gasteiger partial charge in [-0.15, -0.1) is 0 Å². The number of hydrogen-bond donors (Lipinski definition) is 2. The molecule has 1 amide bonds. The molecule has 0 atom stereocenters. The second-order valence-corrected chi connectivity index (χ2v) is 10.6. The number of ether oxygens (including phenoxy) is 2. The van der Waals surface area contributed by atoms with E-state index in [1.54, 1.807) is 0 Å². The number of carbonyl (C=O) groups is 1. The number of amides is 1. The van der Waals surface area contributed by atoms with Gasteiger partial charge in [0.15, 0.2) is 0 Å². The molecule has 0 unspecified atom stereocenters. The van der Waals surface area contributed by atoms with Gasteiger partial charge in [0.25, 0.3) is 0 Å². The van der Waals surface area contributed by atoms with Crippen molar-refractivity contribution < 1.29 is 14.3 Å². The van der Waals surface area contributed by atoms with Gasteiger partial charge in [0.2, 0.25) is 5.91 Å². The van der Waals surface area contributed by atoms with Crippen LogP contribution in [0, 0.1) is 0 Å². The first kappa shape index (κ1) is 21.4. The first-order chi connectivity index (χ1) is 15.0. The SMILES string of the molecule is Brc1ccc2c(c1)NCC21CCOCC1.O=C1Nc2cc(Br)ccc2C12CCOCC2. The predicted molar refractivity (Wildman–Crippen MR) is 129 cm³/mol. The van der Waals surface area contributed by atoms with Crippen LogP contribution in [0.5, 0.6) is 0 Å². The van der Waals surface area contributed by atoms with E-state index >= 15 is 0 Å². The summed E-state index contributed by atoms with van der Waals surface area (Å²) in [6.07, 6.45) is 3.87. The first-order valence-corrected chi connectivity index (χ1v) is 12.4. The lowest BCUT2D eigenvalue weighted by Gasteiger charge is -2.33. The summed E-state index contributed by atoms with van der Waals surface area (Å²) in [7, 11) is 0. The normalized spacial score (nSPS) is 22.2. The Kier molecular flexibility index (Phi) is 5.88. The minimum atomic E-state index is -0.339. The van der Waals surface area contributed by atoms with E-state index in [0.29, 0.717) is 18.6 Å². The molecule has 7 heteroatoms. The molecule has 2 spiro atoms. The molecule has 0 radical (unpaired) electrons. The van der Waals surface area contributed by atoms with Crippen molar-refractivity contribution in [3.63, 3.8) is 0 Å². The van der Waals surface area contributed by atoms with Gasteiger partial charge in [0, 0.05) is 58.7 Å². The third-order valence-electron chi connectivity index (χ3n) is 7.15. The van der Waals surface area contributed by atoms with Crippen LogP contribution in [0.2, 0.25) is 0 Å². The molecule has 164 valence electrons. The van der Waals surface area contributed by atoms with E-state index in [-0.39, 0.29) is 11.3 Å². The molecule has 4 aliphatic heterocycles. The van der Waals surface area contributed by atoms with Gasteiger partial charge in [0.05, 0.1) is 5.41 Å². The van der Waals surface area contributed by atoms with E-state index in [9.17, 15) is 4.79 Å². The van der Waals surface area contributed by atoms with Gasteiger partial charge in [-0.05, 0) is 61.1 Å². The fourth-order valence-corrected chi connectivity index (χ4v) is 6.03. The number of benzene rings is 2. The van der Waals surface area contributed by atoms with Crippen LogP contribution in [0.15, 0.2) is 45.3 Å². The molecule has 0 aromatic heterocycles. The molecule has 2 aromatic carbocycles. The fraction of sp³-hybridized carbons (Fsp3) is 0.458. The van der Waals surface area contributed by atoms with Gasteiger partial charge in [-0.3, -0.25) is 4.79 Å². The minimum absolute atomic E-state index is 0.129. The zero-order valence-electron chi connectivity index (χ0n) is 17.3. The highest BCUT2D eigenvalue weighted by atomic mass is 79.9. The van der Waals surface area contributed by atoms with Crippen LogP contribution in [-0.4, -0.2) is 38.9 Å². The molecule has 4 aliphatic rings. The number of nitrogens with one attached hydrogen (secondary N) is 2. The number of carbonyl (C=O) groups excluding carboxylic acids is 1. The van der Waals surface area contributed by atoms with E-state index in [0.717, 1.165) is 65.6 Å². The lowest BCUT2D eigenvalue weighted by molar-refractivity contribution is -0.124. The summed E-state index contributed by atoms with van der Waals surface area (Å²) in [5.41, 5.74) is 4.85. The number of fused-ring (bicyclic) bond motifs is 4. The summed E-state index contributed by atoms with van der Waals surface area (Å²) in [6, 6.07) is 12.6. The Hall–Kier alpha value is -1.41. The molecule has 5 nitrogen and oxygen atoms in total. The molecule has 0 aliphatic carbocycles. The first-order valence-electron chi connectivity index (χ1n) is 10.8. The monoisotopic (exact) mass is 548 g/mol. The second kappa shape index (κ2) is 8.50. The van der Waals surface area contributed by atoms with Crippen LogP contribution in [0.3, 0.4) is 0 Å². The lowest BCUT2D eigenvalue weighted by atomic mass is 9.75. The summed E-state index contributed by atoms with van der Waals surface area (Å²) in [4.78, 5) is 12.1. The molecule has 2 N–H and O–H groups in total. The van der Waals surface area contributed by atoms with Gasteiger partial charge < -0.3 is 20.1 Å². The van der Waals surface area contributed by atoms with E-state index < -0.39 is 0 Å². The highest BCUT2D eigenvalue weighted by Crippen LogP contribution is 2.46. The molecular weight excluding hydrogens is 524 g/mol. The van der Waals surface area contributed by atoms with Gasteiger partial charge in [-0.2, -0.15) is 0 Å². The summed E-state index contributed by atoms with van der Waals surface area (Å²) >= 11 is 6.93. The summed E-state index contributed by atoms with van der Waals surface area (Å²) in [5, 5.41) is 6.49. The van der Waals surface area contributed by atoms with Crippen LogP contribution >= 0.6 is 31.9 Å². The molecule has 2 fully saturated rings. The topological polar surface area (TPSA) is 59.6 Å². The van der Waals surface area contributed by atoms with E-state index in [4.69, 9.17) is 9.47 Å². The second-order valence-electron chi connectivity index (χ2n) is 8.77. The summed E-state index contributed by atoms with van der Waals surface area (Å²) in [5.74, 6) is 0.129. The number of rotatable bonds is 0. The smallest absolute Gasteiger partial charge is 0.235 e. The summed E-state index contributed by atoms with van der Waals surface area (Å²) < 4.78 is 13.0. The van der Waals surface area contributed by atoms with Crippen LogP contribution in [0.4, 0.5) is 11.4 Å². The zero-order chi connectivity index (χ0) is 21.5. The van der Waals surface area contributed by atoms with Crippen LogP contribution < -0.4 is 10.6 Å². The number of anilines is 2. The molecule has 31 heavy (non-hydrogen) atoms. The third-order valence-corrected chi connectivity index (χ3v) is 8.13. The van der Waals surface area contributed by atoms with Crippen LogP contribution in [-0.2, 0) is 25.1 Å². The zero-order valence-corrected chi connectivity index (χ0v) is 20.5. The van der Waals surface area contributed by atoms with E-state index in [1.807, 2.05) is 18.2 Å². The average molecular weight is 550 g/mol. The Balaban J connectivity index is 0.000000132. The van der Waals surface area contributed by atoms with Gasteiger partial charge in [-0.25, -0.2) is 0 Å². The van der Waals surface area contributed by atoms with E-state index in [2.05, 4.69) is 60.7 Å². The van der Waals surface area contributed by atoms with Crippen LogP contribution in [0.1, 0.15) is 36.8 Å². The van der Waals surface area contributed by atoms with Gasteiger partial charge in [-0.1, -0.05) is 44.0 Å². The minimum Gasteiger partial charge on any atom is -0.384 e.